The van der Waals surface area contributed by atoms with Crippen molar-refractivity contribution in [1.29, 1.82) is 0 Å². The van der Waals surface area contributed by atoms with Crippen molar-refractivity contribution < 1.29 is 4.92 Å². The van der Waals surface area contributed by atoms with Crippen LogP contribution in [0.1, 0.15) is 0 Å². The summed E-state index contributed by atoms with van der Waals surface area (Å²) in [5.74, 6) is 0. The molecule has 2 heterocycles. The van der Waals surface area contributed by atoms with Gasteiger partial charge in [-0.15, -0.1) is 10.2 Å². The molecular formula is C20H11Br2N5O2S. The number of nitrogens with zero attached hydrogens (tertiary/aromatic N) is 5. The molecule has 0 aliphatic carbocycles. The zero-order chi connectivity index (χ0) is 21.1. The van der Waals surface area contributed by atoms with E-state index in [-0.39, 0.29) is 5.69 Å². The number of hydrogen-bond donors (Lipinski definition) is 0. The van der Waals surface area contributed by atoms with Crippen LogP contribution in [0.3, 0.4) is 0 Å². The van der Waals surface area contributed by atoms with E-state index >= 15 is 0 Å². The van der Waals surface area contributed by atoms with Gasteiger partial charge in [-0.2, -0.15) is 0 Å². The first kappa shape index (κ1) is 20.6. The first-order valence-electron chi connectivity index (χ1n) is 8.54. The molecule has 148 valence electrons. The van der Waals surface area contributed by atoms with Gasteiger partial charge in [-0.1, -0.05) is 56.1 Å². The van der Waals surface area contributed by atoms with Gasteiger partial charge < -0.3 is 0 Å². The van der Waals surface area contributed by atoms with E-state index in [9.17, 15) is 10.1 Å². The molecular weight excluding hydrogens is 534 g/mol. The fourth-order valence-electron chi connectivity index (χ4n) is 2.60. The molecule has 0 aliphatic heterocycles. The van der Waals surface area contributed by atoms with Crippen LogP contribution in [0.2, 0.25) is 0 Å². The molecule has 0 saturated carbocycles. The molecule has 4 rings (SSSR count). The molecule has 0 atom stereocenters. The van der Waals surface area contributed by atoms with Crippen LogP contribution in [0.4, 0.5) is 5.69 Å². The molecule has 0 aliphatic rings. The van der Waals surface area contributed by atoms with Crippen LogP contribution in [0.5, 0.6) is 0 Å². The largest absolute Gasteiger partial charge is 0.287 e. The summed E-state index contributed by atoms with van der Waals surface area (Å²) in [4.78, 5) is 19.1. The molecule has 2 aromatic heterocycles. The summed E-state index contributed by atoms with van der Waals surface area (Å²) in [6.07, 6.45) is 1.21. The summed E-state index contributed by atoms with van der Waals surface area (Å²) in [6, 6.07) is 18.5. The predicted molar refractivity (Wildman–Crippen MR) is 121 cm³/mol. The third-order valence-electron chi connectivity index (χ3n) is 4.03. The minimum absolute atomic E-state index is 0.0699. The molecule has 0 fully saturated rings. The summed E-state index contributed by atoms with van der Waals surface area (Å²) in [6.45, 7) is 0. The lowest BCUT2D eigenvalue weighted by Crippen LogP contribution is -1.99. The molecule has 30 heavy (non-hydrogen) atoms. The first-order chi connectivity index (χ1) is 14.5. The molecule has 10 heteroatoms. The van der Waals surface area contributed by atoms with E-state index in [0.717, 1.165) is 20.1 Å². The minimum atomic E-state index is -0.488. The molecule has 0 spiro atoms. The lowest BCUT2D eigenvalue weighted by atomic mass is 10.0. The molecule has 4 aromatic rings. The highest BCUT2D eigenvalue weighted by Gasteiger charge is 2.15. The van der Waals surface area contributed by atoms with Crippen molar-refractivity contribution in [3.05, 3.63) is 85.9 Å². The normalized spacial score (nSPS) is 10.7. The van der Waals surface area contributed by atoms with Gasteiger partial charge in [0.05, 0.1) is 4.92 Å². The second-order valence-electron chi connectivity index (χ2n) is 6.02. The van der Waals surface area contributed by atoms with E-state index in [1.54, 1.807) is 6.07 Å². The fourth-order valence-corrected chi connectivity index (χ4v) is 3.78. The molecule has 0 radical (unpaired) electrons. The van der Waals surface area contributed by atoms with Gasteiger partial charge in [0.15, 0.2) is 0 Å². The van der Waals surface area contributed by atoms with Crippen LogP contribution < -0.4 is 0 Å². The number of pyridine rings is 1. The van der Waals surface area contributed by atoms with E-state index in [1.165, 1.54) is 24.0 Å². The average Bonchev–Trinajstić information content (AvgIpc) is 2.75. The maximum atomic E-state index is 10.8. The number of hydrogen-bond acceptors (Lipinski definition) is 7. The van der Waals surface area contributed by atoms with Gasteiger partial charge in [0.1, 0.15) is 22.6 Å². The third kappa shape index (κ3) is 4.72. The van der Waals surface area contributed by atoms with E-state index in [1.807, 2.05) is 48.5 Å². The Morgan fingerprint density at radius 1 is 0.800 bits per heavy atom. The van der Waals surface area contributed by atoms with Crippen molar-refractivity contribution in [3.63, 3.8) is 0 Å². The Hall–Kier alpha value is -2.69. The molecule has 0 bridgehead atoms. The van der Waals surface area contributed by atoms with Crippen molar-refractivity contribution in [1.82, 2.24) is 20.2 Å². The summed E-state index contributed by atoms with van der Waals surface area (Å²) in [5, 5.41) is 20.4. The summed E-state index contributed by atoms with van der Waals surface area (Å²) in [7, 11) is 0. The Morgan fingerprint density at radius 2 is 1.40 bits per heavy atom. The standard InChI is InChI=1S/C20H11Br2N5O2S/c21-14-5-1-12(2-6-14)18-19(13-3-7-15(22)8-4-13)25-26-20(24-18)30-17-10-9-16(11-23-17)27(28)29/h1-11H. The Balaban J connectivity index is 1.74. The molecule has 0 amide bonds. The third-order valence-corrected chi connectivity index (χ3v) is 5.89. The lowest BCUT2D eigenvalue weighted by Gasteiger charge is -2.09. The average molecular weight is 545 g/mol. The van der Waals surface area contributed by atoms with Crippen LogP contribution in [-0.4, -0.2) is 25.1 Å². The fraction of sp³-hybridized carbons (Fsp3) is 0. The maximum absolute atomic E-state index is 10.8. The molecule has 0 N–H and O–H groups in total. The van der Waals surface area contributed by atoms with Gasteiger partial charge >= 0.3 is 0 Å². The van der Waals surface area contributed by atoms with Crippen LogP contribution >= 0.6 is 43.6 Å². The van der Waals surface area contributed by atoms with Gasteiger partial charge in [0.2, 0.25) is 5.16 Å². The van der Waals surface area contributed by atoms with Gasteiger partial charge in [-0.3, -0.25) is 10.1 Å². The van der Waals surface area contributed by atoms with Crippen LogP contribution in [0, 0.1) is 10.1 Å². The first-order valence-corrected chi connectivity index (χ1v) is 10.9. The van der Waals surface area contributed by atoms with Gasteiger partial charge in [0.25, 0.3) is 5.69 Å². The quantitative estimate of drug-likeness (QED) is 0.218. The van der Waals surface area contributed by atoms with Crippen molar-refractivity contribution in [2.45, 2.75) is 10.2 Å². The zero-order valence-corrected chi connectivity index (χ0v) is 19.1. The lowest BCUT2D eigenvalue weighted by molar-refractivity contribution is -0.385. The Labute approximate surface area is 192 Å². The summed E-state index contributed by atoms with van der Waals surface area (Å²) >= 11 is 8.08. The summed E-state index contributed by atoms with van der Waals surface area (Å²) < 4.78 is 1.93. The molecule has 0 unspecified atom stereocenters. The Kier molecular flexibility index (Phi) is 6.16. The number of rotatable bonds is 5. The highest BCUT2D eigenvalue weighted by atomic mass is 79.9. The Bertz CT molecular complexity index is 1200. The predicted octanol–water partition coefficient (Wildman–Crippen LogP) is 6.19. The van der Waals surface area contributed by atoms with E-state index in [4.69, 9.17) is 4.98 Å². The van der Waals surface area contributed by atoms with Crippen LogP contribution in [-0.2, 0) is 0 Å². The highest BCUT2D eigenvalue weighted by molar-refractivity contribution is 9.10. The number of benzene rings is 2. The van der Waals surface area contributed by atoms with Gasteiger partial charge in [-0.05, 0) is 42.1 Å². The van der Waals surface area contributed by atoms with E-state index in [2.05, 4.69) is 47.0 Å². The van der Waals surface area contributed by atoms with E-state index in [0.29, 0.717) is 21.6 Å². The molecule has 0 saturated heterocycles. The summed E-state index contributed by atoms with van der Waals surface area (Å²) in [5.41, 5.74) is 3.06. The second-order valence-corrected chi connectivity index (χ2v) is 8.84. The van der Waals surface area contributed by atoms with Crippen molar-refractivity contribution in [2.75, 3.05) is 0 Å². The van der Waals surface area contributed by atoms with Gasteiger partial charge in [0, 0.05) is 26.1 Å². The minimum Gasteiger partial charge on any atom is -0.258 e. The van der Waals surface area contributed by atoms with Crippen molar-refractivity contribution in [3.8, 4) is 22.5 Å². The number of halogens is 2. The van der Waals surface area contributed by atoms with E-state index < -0.39 is 4.92 Å². The highest BCUT2D eigenvalue weighted by Crippen LogP contribution is 2.32. The molecule has 2 aromatic carbocycles. The number of aromatic nitrogens is 4. The van der Waals surface area contributed by atoms with Crippen LogP contribution in [0.15, 0.2) is 86.0 Å². The maximum Gasteiger partial charge on any atom is 0.287 e. The Morgan fingerprint density at radius 3 is 1.93 bits per heavy atom. The monoisotopic (exact) mass is 543 g/mol. The van der Waals surface area contributed by atoms with Gasteiger partial charge in [-0.25, -0.2) is 9.97 Å². The number of nitro groups is 1. The topological polar surface area (TPSA) is 94.7 Å². The van der Waals surface area contributed by atoms with Crippen molar-refractivity contribution >= 4 is 49.3 Å². The zero-order valence-electron chi connectivity index (χ0n) is 15.1. The second kappa shape index (κ2) is 8.99. The van der Waals surface area contributed by atoms with Crippen molar-refractivity contribution in [2.24, 2.45) is 0 Å². The SMILES string of the molecule is O=[N+]([O-])c1ccc(Sc2nnc(-c3ccc(Br)cc3)c(-c3ccc(Br)cc3)n2)nc1. The van der Waals surface area contributed by atoms with Crippen LogP contribution in [0.25, 0.3) is 22.5 Å². The smallest absolute Gasteiger partial charge is 0.258 e. The molecule has 7 nitrogen and oxygen atoms in total.